The molecular weight excluding hydrogens is 316 g/mol. The van der Waals surface area contributed by atoms with Gasteiger partial charge in [0.2, 0.25) is 0 Å². The number of carbonyl (C=O) groups excluding carboxylic acids is 3. The minimum absolute atomic E-state index is 0.243. The van der Waals surface area contributed by atoms with Crippen LogP contribution >= 0.6 is 11.3 Å². The molecule has 1 heterocycles. The van der Waals surface area contributed by atoms with Crippen LogP contribution in [0.25, 0.3) is 0 Å². The van der Waals surface area contributed by atoms with Gasteiger partial charge in [-0.1, -0.05) is 12.1 Å². The Labute approximate surface area is 137 Å². The third-order valence-electron chi connectivity index (χ3n) is 2.81. The molecule has 1 aromatic heterocycles. The second-order valence-corrected chi connectivity index (χ2v) is 5.49. The molecule has 2 rings (SSSR count). The molecule has 7 heteroatoms. The SMILES string of the molecule is CCNC(=O)COC(=O)c1cccc(NC(=O)c2cccs2)c1. The Morgan fingerprint density at radius 2 is 2.00 bits per heavy atom. The summed E-state index contributed by atoms with van der Waals surface area (Å²) in [7, 11) is 0. The van der Waals surface area contributed by atoms with Crippen LogP contribution in [0.3, 0.4) is 0 Å². The second-order valence-electron chi connectivity index (χ2n) is 4.54. The number of hydrogen-bond acceptors (Lipinski definition) is 5. The van der Waals surface area contributed by atoms with Crippen LogP contribution in [-0.4, -0.2) is 30.9 Å². The number of nitrogens with one attached hydrogen (secondary N) is 2. The van der Waals surface area contributed by atoms with Gasteiger partial charge in [-0.15, -0.1) is 11.3 Å². The second kappa shape index (κ2) is 8.09. The molecule has 0 aliphatic rings. The lowest BCUT2D eigenvalue weighted by atomic mass is 10.2. The number of thiophene rings is 1. The van der Waals surface area contributed by atoms with Crippen LogP contribution in [0.5, 0.6) is 0 Å². The van der Waals surface area contributed by atoms with E-state index in [2.05, 4.69) is 10.6 Å². The Bertz CT molecular complexity index is 698. The van der Waals surface area contributed by atoms with Crippen molar-refractivity contribution in [1.82, 2.24) is 5.32 Å². The van der Waals surface area contributed by atoms with E-state index in [1.165, 1.54) is 17.4 Å². The summed E-state index contributed by atoms with van der Waals surface area (Å²) in [6.45, 7) is 1.92. The summed E-state index contributed by atoms with van der Waals surface area (Å²) in [6, 6.07) is 9.87. The fourth-order valence-corrected chi connectivity index (χ4v) is 2.41. The summed E-state index contributed by atoms with van der Waals surface area (Å²) in [6.07, 6.45) is 0. The Hall–Kier alpha value is -2.67. The fraction of sp³-hybridized carbons (Fsp3) is 0.188. The minimum Gasteiger partial charge on any atom is -0.452 e. The summed E-state index contributed by atoms with van der Waals surface area (Å²) in [5, 5.41) is 7.05. The molecule has 0 bridgehead atoms. The van der Waals surface area contributed by atoms with Gasteiger partial charge in [0, 0.05) is 12.2 Å². The van der Waals surface area contributed by atoms with Crippen LogP contribution < -0.4 is 10.6 Å². The van der Waals surface area contributed by atoms with Crippen molar-refractivity contribution in [3.8, 4) is 0 Å². The van der Waals surface area contributed by atoms with E-state index in [1.54, 1.807) is 37.3 Å². The van der Waals surface area contributed by atoms with Gasteiger partial charge in [0.15, 0.2) is 6.61 Å². The first-order chi connectivity index (χ1) is 11.1. The first-order valence-electron chi connectivity index (χ1n) is 6.99. The summed E-state index contributed by atoms with van der Waals surface area (Å²) < 4.78 is 4.91. The fourth-order valence-electron chi connectivity index (χ4n) is 1.79. The number of anilines is 1. The number of ether oxygens (including phenoxy) is 1. The molecule has 0 saturated heterocycles. The highest BCUT2D eigenvalue weighted by Gasteiger charge is 2.12. The Morgan fingerprint density at radius 1 is 1.17 bits per heavy atom. The predicted octanol–water partition coefficient (Wildman–Crippen LogP) is 2.29. The number of hydrogen-bond donors (Lipinski definition) is 2. The standard InChI is InChI=1S/C16H16N2O4S/c1-2-17-14(19)10-22-16(21)11-5-3-6-12(9-11)18-15(20)13-7-4-8-23-13/h3-9H,2,10H2,1H3,(H,17,19)(H,18,20). The highest BCUT2D eigenvalue weighted by molar-refractivity contribution is 7.12. The van der Waals surface area contributed by atoms with Crippen molar-refractivity contribution in [3.05, 3.63) is 52.2 Å². The van der Waals surface area contributed by atoms with Crippen LogP contribution in [0, 0.1) is 0 Å². The zero-order valence-electron chi connectivity index (χ0n) is 12.5. The van der Waals surface area contributed by atoms with Gasteiger partial charge in [0.05, 0.1) is 10.4 Å². The topological polar surface area (TPSA) is 84.5 Å². The van der Waals surface area contributed by atoms with Crippen molar-refractivity contribution in [3.63, 3.8) is 0 Å². The van der Waals surface area contributed by atoms with Gasteiger partial charge in [-0.2, -0.15) is 0 Å². The predicted molar refractivity (Wildman–Crippen MR) is 87.7 cm³/mol. The highest BCUT2D eigenvalue weighted by Crippen LogP contribution is 2.15. The van der Waals surface area contributed by atoms with Crippen molar-refractivity contribution in [1.29, 1.82) is 0 Å². The van der Waals surface area contributed by atoms with Gasteiger partial charge < -0.3 is 15.4 Å². The molecule has 0 atom stereocenters. The van der Waals surface area contributed by atoms with Crippen molar-refractivity contribution in [2.45, 2.75) is 6.92 Å². The largest absolute Gasteiger partial charge is 0.452 e. The van der Waals surface area contributed by atoms with Crippen molar-refractivity contribution < 1.29 is 19.1 Å². The molecule has 0 aliphatic carbocycles. The molecule has 6 nitrogen and oxygen atoms in total. The molecule has 0 radical (unpaired) electrons. The lowest BCUT2D eigenvalue weighted by molar-refractivity contribution is -0.124. The van der Waals surface area contributed by atoms with Gasteiger partial charge in [-0.3, -0.25) is 9.59 Å². The van der Waals surface area contributed by atoms with E-state index in [9.17, 15) is 14.4 Å². The van der Waals surface area contributed by atoms with E-state index >= 15 is 0 Å². The normalized spacial score (nSPS) is 9.96. The molecule has 2 amide bonds. The zero-order chi connectivity index (χ0) is 16.7. The number of rotatable bonds is 6. The van der Waals surface area contributed by atoms with Gasteiger partial charge in [0.25, 0.3) is 11.8 Å². The summed E-state index contributed by atoms with van der Waals surface area (Å²) in [4.78, 5) is 35.7. The molecule has 0 spiro atoms. The van der Waals surface area contributed by atoms with Gasteiger partial charge >= 0.3 is 5.97 Å². The minimum atomic E-state index is -0.622. The highest BCUT2D eigenvalue weighted by atomic mass is 32.1. The van der Waals surface area contributed by atoms with E-state index in [-0.39, 0.29) is 24.0 Å². The maximum atomic E-state index is 12.0. The third-order valence-corrected chi connectivity index (χ3v) is 3.68. The molecule has 0 fully saturated rings. The van der Waals surface area contributed by atoms with Crippen LogP contribution in [0.2, 0.25) is 0 Å². The van der Waals surface area contributed by atoms with E-state index in [0.29, 0.717) is 17.1 Å². The maximum absolute atomic E-state index is 12.0. The maximum Gasteiger partial charge on any atom is 0.338 e. The quantitative estimate of drug-likeness (QED) is 0.795. The molecule has 0 saturated carbocycles. The average molecular weight is 332 g/mol. The molecule has 2 aromatic rings. The summed E-state index contributed by atoms with van der Waals surface area (Å²) in [5.74, 6) is -1.22. The van der Waals surface area contributed by atoms with Crippen LogP contribution in [0.4, 0.5) is 5.69 Å². The van der Waals surface area contributed by atoms with Gasteiger partial charge in [-0.05, 0) is 36.6 Å². The molecule has 23 heavy (non-hydrogen) atoms. The Morgan fingerprint density at radius 3 is 2.70 bits per heavy atom. The lowest BCUT2D eigenvalue weighted by Crippen LogP contribution is -2.28. The van der Waals surface area contributed by atoms with Crippen LogP contribution in [0.1, 0.15) is 27.0 Å². The average Bonchev–Trinajstić information content (AvgIpc) is 3.08. The molecule has 0 unspecified atom stereocenters. The number of carbonyl (C=O) groups is 3. The monoisotopic (exact) mass is 332 g/mol. The first-order valence-corrected chi connectivity index (χ1v) is 7.87. The van der Waals surface area contributed by atoms with Crippen molar-refractivity contribution in [2.75, 3.05) is 18.5 Å². The Balaban J connectivity index is 1.97. The van der Waals surface area contributed by atoms with E-state index < -0.39 is 5.97 Å². The van der Waals surface area contributed by atoms with Gasteiger partial charge in [0.1, 0.15) is 0 Å². The number of esters is 1. The number of amides is 2. The molecule has 120 valence electrons. The number of likely N-dealkylation sites (N-methyl/N-ethyl adjacent to an activating group) is 1. The van der Waals surface area contributed by atoms with E-state index in [4.69, 9.17) is 4.74 Å². The Kier molecular flexibility index (Phi) is 5.87. The smallest absolute Gasteiger partial charge is 0.338 e. The molecule has 2 N–H and O–H groups in total. The molecule has 1 aromatic carbocycles. The third kappa shape index (κ3) is 4.93. The van der Waals surface area contributed by atoms with Crippen LogP contribution in [0.15, 0.2) is 41.8 Å². The molecule has 0 aliphatic heterocycles. The van der Waals surface area contributed by atoms with Crippen molar-refractivity contribution >= 4 is 34.8 Å². The zero-order valence-corrected chi connectivity index (χ0v) is 13.3. The van der Waals surface area contributed by atoms with E-state index in [0.717, 1.165) is 0 Å². The van der Waals surface area contributed by atoms with E-state index in [1.807, 2.05) is 5.38 Å². The molecular formula is C16H16N2O4S. The first kappa shape index (κ1) is 16.7. The van der Waals surface area contributed by atoms with Crippen molar-refractivity contribution in [2.24, 2.45) is 0 Å². The number of benzene rings is 1. The van der Waals surface area contributed by atoms with Gasteiger partial charge in [-0.25, -0.2) is 4.79 Å². The summed E-state index contributed by atoms with van der Waals surface area (Å²) in [5.41, 5.74) is 0.745. The summed E-state index contributed by atoms with van der Waals surface area (Å²) >= 11 is 1.33. The lowest BCUT2D eigenvalue weighted by Gasteiger charge is -2.07. The van der Waals surface area contributed by atoms with Crippen LogP contribution in [-0.2, 0) is 9.53 Å².